The van der Waals surface area contributed by atoms with Gasteiger partial charge in [-0.15, -0.1) is 0 Å². The Bertz CT molecular complexity index is 4450. The standard InChI is InChI=1S/C70H44/c1-3-19-51-43(15-1)31-37-49-41-65-47(39-63(49)51)17-13-29-61(65)69-57-25-9-5-21-53(57)67(54-22-6-10-26-58(54)69)45-33-35-46(36-34-45)68-55-23-7-11-27-59(55)70(60-28-12-8-24-56(60)68)62-30-14-18-48-40-64-50(42-66(48)62)38-32-44-16-2-4-20-52(44)64/h1-3,5-19,21-42H,4,20H2. The largest absolute Gasteiger partial charge is 0.0836 e. The lowest BCUT2D eigenvalue weighted by molar-refractivity contribution is 0.997. The molecule has 0 bridgehead atoms. The predicted molar refractivity (Wildman–Crippen MR) is 303 cm³/mol. The van der Waals surface area contributed by atoms with Crippen molar-refractivity contribution in [1.82, 2.24) is 0 Å². The summed E-state index contributed by atoms with van der Waals surface area (Å²) in [7, 11) is 0. The molecule has 324 valence electrons. The topological polar surface area (TPSA) is 0 Å². The van der Waals surface area contributed by atoms with Crippen molar-refractivity contribution < 1.29 is 0 Å². The summed E-state index contributed by atoms with van der Waals surface area (Å²) in [5.74, 6) is 0. The Labute approximate surface area is 406 Å². The van der Waals surface area contributed by atoms with E-state index in [4.69, 9.17) is 0 Å². The normalized spacial score (nSPS) is 12.7. The van der Waals surface area contributed by atoms with Crippen LogP contribution in [0.25, 0.3) is 148 Å². The first-order valence-electron chi connectivity index (χ1n) is 24.7. The molecule has 0 N–H and O–H groups in total. The van der Waals surface area contributed by atoms with Gasteiger partial charge in [0.05, 0.1) is 0 Å². The number of rotatable bonds is 4. The van der Waals surface area contributed by atoms with Gasteiger partial charge in [-0.25, -0.2) is 0 Å². The number of aryl methyl sites for hydroxylation is 1. The van der Waals surface area contributed by atoms with Crippen LogP contribution < -0.4 is 0 Å². The van der Waals surface area contributed by atoms with Crippen molar-refractivity contribution >= 4 is 103 Å². The second-order valence-electron chi connectivity index (χ2n) is 19.3. The maximum atomic E-state index is 2.44. The molecular formula is C70H44. The molecule has 0 aliphatic heterocycles. The highest BCUT2D eigenvalue weighted by atomic mass is 14.2. The summed E-state index contributed by atoms with van der Waals surface area (Å²) in [6.45, 7) is 0. The molecule has 70 heavy (non-hydrogen) atoms. The average molecular weight is 885 g/mol. The van der Waals surface area contributed by atoms with Crippen LogP contribution >= 0.6 is 0 Å². The summed E-state index contributed by atoms with van der Waals surface area (Å²) in [6, 6.07) is 87.0. The Morgan fingerprint density at radius 2 is 0.614 bits per heavy atom. The molecule has 1 aliphatic carbocycles. The fourth-order valence-corrected chi connectivity index (χ4v) is 12.5. The zero-order chi connectivity index (χ0) is 45.9. The van der Waals surface area contributed by atoms with Gasteiger partial charge in [0.1, 0.15) is 0 Å². The molecule has 0 nitrogen and oxygen atoms in total. The first-order valence-corrected chi connectivity index (χ1v) is 24.7. The number of hydrogen-bond acceptors (Lipinski definition) is 0. The molecule has 0 heterocycles. The molecule has 14 aromatic carbocycles. The fourth-order valence-electron chi connectivity index (χ4n) is 12.5. The zero-order valence-corrected chi connectivity index (χ0v) is 38.5. The van der Waals surface area contributed by atoms with Crippen molar-refractivity contribution in [1.29, 1.82) is 0 Å². The Hall–Kier alpha value is -8.84. The van der Waals surface area contributed by atoms with Gasteiger partial charge in [0.15, 0.2) is 0 Å². The molecule has 0 saturated heterocycles. The third-order valence-electron chi connectivity index (χ3n) is 15.6. The molecule has 15 rings (SSSR count). The van der Waals surface area contributed by atoms with E-state index in [1.165, 1.54) is 153 Å². The summed E-state index contributed by atoms with van der Waals surface area (Å²) in [5, 5.41) is 23.0. The highest BCUT2D eigenvalue weighted by molar-refractivity contribution is 6.26. The molecule has 0 saturated carbocycles. The maximum Gasteiger partial charge on any atom is -0.00201 e. The lowest BCUT2D eigenvalue weighted by Gasteiger charge is -2.20. The van der Waals surface area contributed by atoms with Gasteiger partial charge in [-0.1, -0.05) is 218 Å². The summed E-state index contributed by atoms with van der Waals surface area (Å²) >= 11 is 0. The third kappa shape index (κ3) is 5.84. The first kappa shape index (κ1) is 39.2. The molecule has 14 aromatic rings. The van der Waals surface area contributed by atoms with Crippen LogP contribution in [0.2, 0.25) is 0 Å². The minimum atomic E-state index is 1.09. The minimum Gasteiger partial charge on any atom is -0.0836 e. The van der Waals surface area contributed by atoms with Crippen molar-refractivity contribution in [3.63, 3.8) is 0 Å². The molecule has 0 aromatic heterocycles. The smallest absolute Gasteiger partial charge is 0.00201 e. The van der Waals surface area contributed by atoms with E-state index in [-0.39, 0.29) is 0 Å². The van der Waals surface area contributed by atoms with Crippen LogP contribution in [0.4, 0.5) is 0 Å². The van der Waals surface area contributed by atoms with Gasteiger partial charge < -0.3 is 0 Å². The van der Waals surface area contributed by atoms with E-state index in [1.807, 2.05) is 0 Å². The Balaban J connectivity index is 0.903. The van der Waals surface area contributed by atoms with E-state index in [0.717, 1.165) is 12.8 Å². The highest BCUT2D eigenvalue weighted by Crippen LogP contribution is 2.49. The number of fused-ring (bicyclic) bond motifs is 12. The third-order valence-corrected chi connectivity index (χ3v) is 15.6. The minimum absolute atomic E-state index is 1.09. The average Bonchev–Trinajstić information content (AvgIpc) is 3.42. The zero-order valence-electron chi connectivity index (χ0n) is 38.5. The van der Waals surface area contributed by atoms with E-state index in [0.29, 0.717) is 0 Å². The van der Waals surface area contributed by atoms with Crippen LogP contribution in [-0.2, 0) is 6.42 Å². The number of allylic oxidation sites excluding steroid dienone is 1. The molecule has 0 radical (unpaired) electrons. The molecule has 0 amide bonds. The van der Waals surface area contributed by atoms with E-state index in [1.54, 1.807) is 0 Å². The quantitative estimate of drug-likeness (QED) is 0.122. The van der Waals surface area contributed by atoms with E-state index in [9.17, 15) is 0 Å². The first-order chi connectivity index (χ1) is 34.7. The van der Waals surface area contributed by atoms with Crippen molar-refractivity contribution in [2.45, 2.75) is 12.8 Å². The highest BCUT2D eigenvalue weighted by Gasteiger charge is 2.22. The molecule has 0 heteroatoms. The van der Waals surface area contributed by atoms with Crippen LogP contribution in [0, 0.1) is 0 Å². The molecular weight excluding hydrogens is 841 g/mol. The monoisotopic (exact) mass is 884 g/mol. The van der Waals surface area contributed by atoms with Crippen molar-refractivity contribution in [2.24, 2.45) is 0 Å². The summed E-state index contributed by atoms with van der Waals surface area (Å²) in [4.78, 5) is 0. The van der Waals surface area contributed by atoms with Crippen molar-refractivity contribution in [3.05, 3.63) is 248 Å². The van der Waals surface area contributed by atoms with Crippen molar-refractivity contribution in [2.75, 3.05) is 0 Å². The van der Waals surface area contributed by atoms with Crippen LogP contribution in [0.5, 0.6) is 0 Å². The van der Waals surface area contributed by atoms with Gasteiger partial charge in [-0.2, -0.15) is 0 Å². The second-order valence-corrected chi connectivity index (χ2v) is 19.3. The lowest BCUT2D eigenvalue weighted by atomic mass is 9.83. The van der Waals surface area contributed by atoms with Crippen LogP contribution in [-0.4, -0.2) is 0 Å². The molecule has 0 unspecified atom stereocenters. The van der Waals surface area contributed by atoms with Gasteiger partial charge in [0, 0.05) is 0 Å². The summed E-state index contributed by atoms with van der Waals surface area (Å²) < 4.78 is 0. The molecule has 0 atom stereocenters. The fraction of sp³-hybridized carbons (Fsp3) is 0.0286. The van der Waals surface area contributed by atoms with E-state index < -0.39 is 0 Å². The van der Waals surface area contributed by atoms with Crippen LogP contribution in [0.3, 0.4) is 0 Å². The molecule has 1 aliphatic rings. The lowest BCUT2D eigenvalue weighted by Crippen LogP contribution is -1.96. The van der Waals surface area contributed by atoms with Crippen LogP contribution in [0.1, 0.15) is 17.5 Å². The Morgan fingerprint density at radius 1 is 0.243 bits per heavy atom. The van der Waals surface area contributed by atoms with E-state index in [2.05, 4.69) is 243 Å². The van der Waals surface area contributed by atoms with Crippen LogP contribution in [0.15, 0.2) is 237 Å². The summed E-state index contributed by atoms with van der Waals surface area (Å²) in [5.41, 5.74) is 12.9. The maximum absolute atomic E-state index is 2.44. The SMILES string of the molecule is C1=Cc2ccc3cc4c(-c5c6ccccc6c(-c6ccc(-c7c8ccccc8c(-c8cccc9cc%10c(ccc%11ccccc%11%10)cc89)c8ccccc78)cc6)c6ccccc56)cccc4cc3c2CC1. The Morgan fingerprint density at radius 3 is 1.13 bits per heavy atom. The number of benzene rings is 14. The van der Waals surface area contributed by atoms with Crippen molar-refractivity contribution in [3.8, 4) is 44.5 Å². The van der Waals surface area contributed by atoms with E-state index >= 15 is 0 Å². The van der Waals surface area contributed by atoms with Gasteiger partial charge in [-0.3, -0.25) is 0 Å². The Kier molecular flexibility index (Phi) is 8.59. The number of hydrogen-bond donors (Lipinski definition) is 0. The molecule has 0 fully saturated rings. The van der Waals surface area contributed by atoms with Gasteiger partial charge in [0.25, 0.3) is 0 Å². The second kappa shape index (κ2) is 15.3. The van der Waals surface area contributed by atoms with Gasteiger partial charge in [0.2, 0.25) is 0 Å². The van der Waals surface area contributed by atoms with Gasteiger partial charge >= 0.3 is 0 Å². The molecule has 0 spiro atoms. The predicted octanol–water partition coefficient (Wildman–Crippen LogP) is 19.7. The summed E-state index contributed by atoms with van der Waals surface area (Å²) in [6.07, 6.45) is 6.79. The van der Waals surface area contributed by atoms with Gasteiger partial charge in [-0.05, 0) is 190 Å².